The van der Waals surface area contributed by atoms with Gasteiger partial charge >= 0.3 is 5.69 Å². The first-order valence-corrected chi connectivity index (χ1v) is 12.8. The van der Waals surface area contributed by atoms with E-state index in [4.69, 9.17) is 11.6 Å². The summed E-state index contributed by atoms with van der Waals surface area (Å²) in [5, 5.41) is 3.59. The van der Waals surface area contributed by atoms with Crippen LogP contribution in [0.1, 0.15) is 41.7 Å². The zero-order valence-corrected chi connectivity index (χ0v) is 21.6. The number of aryl methyl sites for hydroxylation is 1. The number of hydrogen-bond acceptors (Lipinski definition) is 4. The highest BCUT2D eigenvalue weighted by atomic mass is 79.9. The highest BCUT2D eigenvalue weighted by molar-refractivity contribution is 9.10. The number of rotatable bonds is 5. The molecule has 0 bridgehead atoms. The number of carbonyl (C=O) groups is 1. The highest BCUT2D eigenvalue weighted by Gasteiger charge is 2.25. The van der Waals surface area contributed by atoms with Crippen LogP contribution in [0.15, 0.2) is 64.1 Å². The monoisotopic (exact) mass is 553 g/mol. The molecule has 1 aliphatic rings. The molecule has 4 aromatic rings. The van der Waals surface area contributed by atoms with Gasteiger partial charge in [0.05, 0.1) is 27.3 Å². The van der Waals surface area contributed by atoms with Gasteiger partial charge < -0.3 is 5.32 Å². The number of halogens is 2. The molecule has 0 atom stereocenters. The fourth-order valence-corrected chi connectivity index (χ4v) is 5.37. The minimum absolute atomic E-state index is 0.0869. The van der Waals surface area contributed by atoms with Crippen LogP contribution in [-0.2, 0) is 6.54 Å². The second kappa shape index (κ2) is 9.95. The summed E-state index contributed by atoms with van der Waals surface area (Å²) in [6.07, 6.45) is 5.14. The molecule has 1 saturated carbocycles. The van der Waals surface area contributed by atoms with Crippen molar-refractivity contribution in [2.45, 2.75) is 45.2 Å². The average molecular weight is 555 g/mol. The van der Waals surface area contributed by atoms with Crippen molar-refractivity contribution in [3.05, 3.63) is 86.1 Å². The summed E-state index contributed by atoms with van der Waals surface area (Å²) in [5.74, 6) is 0.809. The van der Waals surface area contributed by atoms with E-state index in [1.807, 2.05) is 47.0 Å². The zero-order valence-electron chi connectivity index (χ0n) is 19.2. The number of nitrogens with zero attached hydrogens (tertiary/aromatic N) is 4. The number of pyridine rings is 2. The smallest absolute Gasteiger partial charge is 0.334 e. The van der Waals surface area contributed by atoms with Gasteiger partial charge in [0.15, 0.2) is 0 Å². The molecule has 1 fully saturated rings. The maximum atomic E-state index is 13.5. The van der Waals surface area contributed by atoms with Crippen LogP contribution in [-0.4, -0.2) is 31.1 Å². The predicted octanol–water partition coefficient (Wildman–Crippen LogP) is 5.30. The fourth-order valence-electron chi connectivity index (χ4n) is 4.88. The van der Waals surface area contributed by atoms with Gasteiger partial charge in [-0.05, 0) is 84.8 Å². The number of amides is 1. The number of imidazole rings is 1. The molecule has 0 unspecified atom stereocenters. The summed E-state index contributed by atoms with van der Waals surface area (Å²) in [6, 6.07) is 15.1. The van der Waals surface area contributed by atoms with E-state index in [1.54, 1.807) is 23.8 Å². The number of carbonyl (C=O) groups excluding carboxylic acids is 1. The summed E-state index contributed by atoms with van der Waals surface area (Å²) in [4.78, 5) is 34.9. The SMILES string of the molecule is Cc1ncc(Cl)cc1C(=O)NC1CCC(Cn2c(=O)n(-c3cccc(Br)n3)c3ccccc32)CC1. The number of fused-ring (bicyclic) bond motifs is 1. The highest BCUT2D eigenvalue weighted by Crippen LogP contribution is 2.28. The van der Waals surface area contributed by atoms with Crippen LogP contribution in [0.2, 0.25) is 5.02 Å². The third kappa shape index (κ3) is 4.90. The van der Waals surface area contributed by atoms with Crippen molar-refractivity contribution in [1.29, 1.82) is 0 Å². The molecule has 0 spiro atoms. The molecule has 3 aromatic heterocycles. The maximum Gasteiger partial charge on any atom is 0.334 e. The Balaban J connectivity index is 1.31. The lowest BCUT2D eigenvalue weighted by atomic mass is 9.85. The van der Waals surface area contributed by atoms with Gasteiger partial charge in [0, 0.05) is 18.8 Å². The normalized spacial score (nSPS) is 18.0. The first-order chi connectivity index (χ1) is 16.9. The summed E-state index contributed by atoms with van der Waals surface area (Å²) in [5.41, 5.74) is 2.83. The molecular formula is C26H25BrClN5O2. The van der Waals surface area contributed by atoms with Gasteiger partial charge in [-0.25, -0.2) is 14.3 Å². The van der Waals surface area contributed by atoms with Gasteiger partial charge in [-0.1, -0.05) is 29.8 Å². The van der Waals surface area contributed by atoms with Gasteiger partial charge in [-0.15, -0.1) is 0 Å². The van der Waals surface area contributed by atoms with Crippen molar-refractivity contribution in [3.8, 4) is 5.82 Å². The topological polar surface area (TPSA) is 81.8 Å². The molecule has 9 heteroatoms. The van der Waals surface area contributed by atoms with E-state index in [9.17, 15) is 9.59 Å². The van der Waals surface area contributed by atoms with Crippen molar-refractivity contribution in [2.24, 2.45) is 5.92 Å². The Morgan fingerprint density at radius 2 is 1.86 bits per heavy atom. The minimum atomic E-state index is -0.137. The summed E-state index contributed by atoms with van der Waals surface area (Å²) in [6.45, 7) is 2.44. The van der Waals surface area contributed by atoms with E-state index in [1.165, 1.54) is 0 Å². The third-order valence-electron chi connectivity index (χ3n) is 6.69. The van der Waals surface area contributed by atoms with E-state index < -0.39 is 0 Å². The molecule has 1 amide bonds. The summed E-state index contributed by atoms with van der Waals surface area (Å²) in [7, 11) is 0. The van der Waals surface area contributed by atoms with Crippen molar-refractivity contribution < 1.29 is 4.79 Å². The number of para-hydroxylation sites is 2. The van der Waals surface area contributed by atoms with Crippen LogP contribution in [0.5, 0.6) is 0 Å². The maximum absolute atomic E-state index is 13.5. The molecule has 0 saturated heterocycles. The molecule has 180 valence electrons. The van der Waals surface area contributed by atoms with E-state index in [0.717, 1.165) is 36.7 Å². The number of nitrogens with one attached hydrogen (secondary N) is 1. The van der Waals surface area contributed by atoms with Gasteiger partial charge in [0.25, 0.3) is 5.91 Å². The Kier molecular flexibility index (Phi) is 6.75. The average Bonchev–Trinajstić information content (AvgIpc) is 3.13. The molecule has 3 heterocycles. The molecular weight excluding hydrogens is 530 g/mol. The largest absolute Gasteiger partial charge is 0.349 e. The van der Waals surface area contributed by atoms with Gasteiger partial charge in [0.2, 0.25) is 0 Å². The standard InChI is InChI=1S/C26H25BrClN5O2/c1-16-20(13-18(28)14-29-16)25(34)30-19-11-9-17(10-12-19)15-32-21-5-2-3-6-22(21)33(26(32)35)24-8-4-7-23(27)31-24/h2-8,13-14,17,19H,9-12,15H2,1H3,(H,30,34). The first-order valence-electron chi connectivity index (χ1n) is 11.7. The molecule has 0 aliphatic heterocycles. The fraction of sp³-hybridized carbons (Fsp3) is 0.308. The van der Waals surface area contributed by atoms with Crippen LogP contribution in [0.3, 0.4) is 0 Å². The Bertz CT molecular complexity index is 1460. The zero-order chi connectivity index (χ0) is 24.5. The molecule has 1 aliphatic carbocycles. The van der Waals surface area contributed by atoms with Crippen LogP contribution in [0, 0.1) is 12.8 Å². The van der Waals surface area contributed by atoms with E-state index in [-0.39, 0.29) is 17.6 Å². The van der Waals surface area contributed by atoms with Gasteiger partial charge in [-0.2, -0.15) is 0 Å². The second-order valence-corrected chi connectivity index (χ2v) is 10.3. The Hall–Kier alpha value is -2.97. The van der Waals surface area contributed by atoms with Crippen molar-refractivity contribution in [1.82, 2.24) is 24.4 Å². The lowest BCUT2D eigenvalue weighted by molar-refractivity contribution is 0.0919. The summed E-state index contributed by atoms with van der Waals surface area (Å²) >= 11 is 9.43. The van der Waals surface area contributed by atoms with Crippen molar-refractivity contribution >= 4 is 44.5 Å². The van der Waals surface area contributed by atoms with Crippen molar-refractivity contribution in [2.75, 3.05) is 0 Å². The van der Waals surface area contributed by atoms with E-state index in [2.05, 4.69) is 31.2 Å². The Morgan fingerprint density at radius 3 is 2.60 bits per heavy atom. The first kappa shape index (κ1) is 23.8. The second-order valence-electron chi connectivity index (χ2n) is 9.01. The van der Waals surface area contributed by atoms with Gasteiger partial charge in [-0.3, -0.25) is 14.3 Å². The lowest BCUT2D eigenvalue weighted by Crippen LogP contribution is -2.39. The van der Waals surface area contributed by atoms with Crippen LogP contribution in [0.4, 0.5) is 0 Å². The molecule has 0 radical (unpaired) electrons. The van der Waals surface area contributed by atoms with Crippen molar-refractivity contribution in [3.63, 3.8) is 0 Å². The number of hydrogen-bond donors (Lipinski definition) is 1. The van der Waals surface area contributed by atoms with Crippen LogP contribution in [0.25, 0.3) is 16.9 Å². The molecule has 5 rings (SSSR count). The number of aromatic nitrogens is 4. The number of benzene rings is 1. The van der Waals surface area contributed by atoms with E-state index in [0.29, 0.717) is 39.2 Å². The van der Waals surface area contributed by atoms with E-state index >= 15 is 0 Å². The van der Waals surface area contributed by atoms with Crippen LogP contribution >= 0.6 is 27.5 Å². The summed E-state index contributed by atoms with van der Waals surface area (Å²) < 4.78 is 4.22. The molecule has 1 aromatic carbocycles. The van der Waals surface area contributed by atoms with Gasteiger partial charge in [0.1, 0.15) is 10.4 Å². The molecule has 1 N–H and O–H groups in total. The third-order valence-corrected chi connectivity index (χ3v) is 7.33. The molecule has 7 nitrogen and oxygen atoms in total. The Morgan fingerprint density at radius 1 is 1.11 bits per heavy atom. The predicted molar refractivity (Wildman–Crippen MR) is 140 cm³/mol. The quantitative estimate of drug-likeness (QED) is 0.340. The molecule has 35 heavy (non-hydrogen) atoms. The Labute approximate surface area is 216 Å². The lowest BCUT2D eigenvalue weighted by Gasteiger charge is -2.29. The van der Waals surface area contributed by atoms with Crippen LogP contribution < -0.4 is 11.0 Å². The minimum Gasteiger partial charge on any atom is -0.349 e.